The number of phenolic OH excluding ortho intramolecular Hbond substituents is 1. The highest BCUT2D eigenvalue weighted by Crippen LogP contribution is 2.24. The lowest BCUT2D eigenvalue weighted by Gasteiger charge is -2.31. The summed E-state index contributed by atoms with van der Waals surface area (Å²) in [7, 11) is 1.38. The number of carbonyl (C=O) groups excluding carboxylic acids is 4. The molecule has 2 unspecified atom stereocenters. The van der Waals surface area contributed by atoms with Crippen molar-refractivity contribution in [3.63, 3.8) is 0 Å². The zero-order chi connectivity index (χ0) is 24.5. The van der Waals surface area contributed by atoms with E-state index >= 15 is 0 Å². The fourth-order valence-corrected chi connectivity index (χ4v) is 2.95. The van der Waals surface area contributed by atoms with Gasteiger partial charge in [-0.1, -0.05) is 25.5 Å². The molecule has 4 amide bonds. The Labute approximate surface area is 188 Å². The van der Waals surface area contributed by atoms with Crippen molar-refractivity contribution in [1.82, 2.24) is 15.5 Å². The molecule has 0 aliphatic carbocycles. The van der Waals surface area contributed by atoms with Crippen molar-refractivity contribution < 1.29 is 29.0 Å². The summed E-state index contributed by atoms with van der Waals surface area (Å²) in [4.78, 5) is 51.0. The lowest BCUT2D eigenvalue weighted by molar-refractivity contribution is -0.141. The monoisotopic (exact) mass is 450 g/mol. The van der Waals surface area contributed by atoms with Gasteiger partial charge in [0.25, 0.3) is 0 Å². The summed E-state index contributed by atoms with van der Waals surface area (Å²) in [5.41, 5.74) is 4.81. The van der Waals surface area contributed by atoms with E-state index in [0.29, 0.717) is 12.1 Å². The largest absolute Gasteiger partial charge is 0.508 e. The van der Waals surface area contributed by atoms with E-state index in [2.05, 4.69) is 10.6 Å². The third-order valence-corrected chi connectivity index (χ3v) is 4.39. The summed E-state index contributed by atoms with van der Waals surface area (Å²) < 4.78 is 5.17. The number of nitrogens with zero attached hydrogens (tertiary/aromatic N) is 1. The minimum Gasteiger partial charge on any atom is -0.508 e. The standard InChI is InChI=1S/C22H34N4O6/c1-6-7-11-24-19(29)18(14-9-8-10-15(27)12-14)26(5)20(30)16(13-17(23)28)25-21(31)32-22(2,3)4/h8-10,12,16,18,27H,6-7,11,13H2,1-5H3,(H2,23,28)(H,24,29)(H,25,31). The number of hydrogen-bond donors (Lipinski definition) is 4. The fraction of sp³-hybridized carbons (Fsp3) is 0.545. The number of carbonyl (C=O) groups is 4. The van der Waals surface area contributed by atoms with Crippen molar-refractivity contribution in [2.75, 3.05) is 13.6 Å². The van der Waals surface area contributed by atoms with Crippen LogP contribution < -0.4 is 16.4 Å². The Morgan fingerprint density at radius 1 is 1.22 bits per heavy atom. The van der Waals surface area contributed by atoms with Gasteiger partial charge in [0.1, 0.15) is 23.4 Å². The Kier molecular flexibility index (Phi) is 9.96. The summed E-state index contributed by atoms with van der Waals surface area (Å²) >= 11 is 0. The van der Waals surface area contributed by atoms with Crippen LogP contribution >= 0.6 is 0 Å². The maximum Gasteiger partial charge on any atom is 0.408 e. The highest BCUT2D eigenvalue weighted by atomic mass is 16.6. The van der Waals surface area contributed by atoms with Gasteiger partial charge in [0.2, 0.25) is 17.7 Å². The number of rotatable bonds is 10. The van der Waals surface area contributed by atoms with Crippen molar-refractivity contribution in [1.29, 1.82) is 0 Å². The molecule has 0 heterocycles. The van der Waals surface area contributed by atoms with Crippen LogP contribution in [-0.2, 0) is 19.1 Å². The molecule has 1 aromatic rings. The molecule has 0 aliphatic heterocycles. The van der Waals surface area contributed by atoms with Crippen molar-refractivity contribution >= 4 is 23.8 Å². The number of amides is 4. The van der Waals surface area contributed by atoms with Crippen LogP contribution in [-0.4, -0.2) is 59.1 Å². The summed E-state index contributed by atoms with van der Waals surface area (Å²) in [6.45, 7) is 7.35. The first-order chi connectivity index (χ1) is 14.9. The lowest BCUT2D eigenvalue weighted by Crippen LogP contribution is -2.52. The highest BCUT2D eigenvalue weighted by Gasteiger charge is 2.34. The second kappa shape index (κ2) is 11.9. The molecule has 5 N–H and O–H groups in total. The molecule has 178 valence electrons. The number of benzene rings is 1. The Hall–Kier alpha value is -3.30. The lowest BCUT2D eigenvalue weighted by atomic mass is 10.0. The molecule has 0 aromatic heterocycles. The van der Waals surface area contributed by atoms with Gasteiger partial charge < -0.3 is 31.1 Å². The minimum atomic E-state index is -1.34. The van der Waals surface area contributed by atoms with Crippen LogP contribution in [0.3, 0.4) is 0 Å². The van der Waals surface area contributed by atoms with Gasteiger partial charge in [-0.15, -0.1) is 0 Å². The van der Waals surface area contributed by atoms with Gasteiger partial charge in [-0.2, -0.15) is 0 Å². The zero-order valence-electron chi connectivity index (χ0n) is 19.3. The van der Waals surface area contributed by atoms with Crippen LogP contribution in [0.5, 0.6) is 5.75 Å². The molecule has 0 fully saturated rings. The zero-order valence-corrected chi connectivity index (χ0v) is 19.3. The van der Waals surface area contributed by atoms with Crippen molar-refractivity contribution in [3.8, 4) is 5.75 Å². The second-order valence-corrected chi connectivity index (χ2v) is 8.46. The van der Waals surface area contributed by atoms with E-state index in [-0.39, 0.29) is 5.75 Å². The summed E-state index contributed by atoms with van der Waals surface area (Å²) in [5.74, 6) is -2.06. The number of aromatic hydroxyl groups is 1. The smallest absolute Gasteiger partial charge is 0.408 e. The van der Waals surface area contributed by atoms with E-state index in [1.54, 1.807) is 32.9 Å². The van der Waals surface area contributed by atoms with E-state index < -0.39 is 47.9 Å². The van der Waals surface area contributed by atoms with Gasteiger partial charge >= 0.3 is 6.09 Å². The van der Waals surface area contributed by atoms with E-state index in [0.717, 1.165) is 17.7 Å². The van der Waals surface area contributed by atoms with Crippen LogP contribution in [0.4, 0.5) is 4.79 Å². The molecule has 0 bridgehead atoms. The molecular formula is C22H34N4O6. The molecule has 1 rings (SSSR count). The predicted molar refractivity (Wildman–Crippen MR) is 119 cm³/mol. The van der Waals surface area contributed by atoms with Gasteiger partial charge in [-0.05, 0) is 44.9 Å². The molecule has 0 saturated heterocycles. The topological polar surface area (TPSA) is 151 Å². The highest BCUT2D eigenvalue weighted by molar-refractivity contribution is 5.94. The first-order valence-electron chi connectivity index (χ1n) is 10.5. The Bertz CT molecular complexity index is 821. The van der Waals surface area contributed by atoms with Crippen LogP contribution in [0.2, 0.25) is 0 Å². The Balaban J connectivity index is 3.20. The summed E-state index contributed by atoms with van der Waals surface area (Å²) in [5, 5.41) is 15.0. The number of nitrogens with one attached hydrogen (secondary N) is 2. The van der Waals surface area contributed by atoms with E-state index in [1.807, 2.05) is 6.92 Å². The first kappa shape index (κ1) is 26.7. The average Bonchev–Trinajstić information content (AvgIpc) is 2.65. The number of primary amides is 1. The van der Waals surface area contributed by atoms with Gasteiger partial charge in [-0.3, -0.25) is 14.4 Å². The maximum absolute atomic E-state index is 13.2. The molecule has 10 nitrogen and oxygen atoms in total. The quantitative estimate of drug-likeness (QED) is 0.397. The van der Waals surface area contributed by atoms with Gasteiger partial charge in [0, 0.05) is 13.6 Å². The van der Waals surface area contributed by atoms with Crippen LogP contribution in [0.15, 0.2) is 24.3 Å². The summed E-state index contributed by atoms with van der Waals surface area (Å²) in [6, 6.07) is 3.51. The van der Waals surface area contributed by atoms with E-state index in [1.165, 1.54) is 19.2 Å². The third kappa shape index (κ3) is 8.83. The van der Waals surface area contributed by atoms with Crippen molar-refractivity contribution in [2.45, 2.75) is 64.6 Å². The van der Waals surface area contributed by atoms with Crippen LogP contribution in [0, 0.1) is 0 Å². The van der Waals surface area contributed by atoms with Gasteiger partial charge in [0.05, 0.1) is 6.42 Å². The molecule has 0 saturated carbocycles. The molecule has 1 aromatic carbocycles. The van der Waals surface area contributed by atoms with E-state index in [4.69, 9.17) is 10.5 Å². The molecule has 0 aliphatic rings. The second-order valence-electron chi connectivity index (χ2n) is 8.46. The normalized spacial score (nSPS) is 12.9. The molecule has 2 atom stereocenters. The SMILES string of the molecule is CCCCNC(=O)C(c1cccc(O)c1)N(C)C(=O)C(CC(N)=O)NC(=O)OC(C)(C)C. The minimum absolute atomic E-state index is 0.0738. The molecule has 0 spiro atoms. The Morgan fingerprint density at radius 3 is 2.41 bits per heavy atom. The molecule has 32 heavy (non-hydrogen) atoms. The summed E-state index contributed by atoms with van der Waals surface area (Å²) in [6.07, 6.45) is 0.242. The number of unbranched alkanes of at least 4 members (excludes halogenated alkanes) is 1. The number of nitrogens with two attached hydrogens (primary N) is 1. The molecule has 10 heteroatoms. The van der Waals surface area contributed by atoms with Crippen molar-refractivity contribution in [3.05, 3.63) is 29.8 Å². The number of phenols is 1. The van der Waals surface area contributed by atoms with Gasteiger partial charge in [0.15, 0.2) is 0 Å². The Morgan fingerprint density at radius 2 is 1.88 bits per heavy atom. The van der Waals surface area contributed by atoms with Crippen LogP contribution in [0.1, 0.15) is 58.6 Å². The van der Waals surface area contributed by atoms with Gasteiger partial charge in [-0.25, -0.2) is 4.79 Å². The third-order valence-electron chi connectivity index (χ3n) is 4.39. The maximum atomic E-state index is 13.2. The molecular weight excluding hydrogens is 416 g/mol. The average molecular weight is 451 g/mol. The molecule has 0 radical (unpaired) electrons. The predicted octanol–water partition coefficient (Wildman–Crippen LogP) is 1.58. The first-order valence-corrected chi connectivity index (χ1v) is 10.5. The fourth-order valence-electron chi connectivity index (χ4n) is 2.95. The number of hydrogen-bond acceptors (Lipinski definition) is 6. The number of likely N-dealkylation sites (N-methyl/N-ethyl adjacent to an activating group) is 1. The number of ether oxygens (including phenoxy) is 1. The van der Waals surface area contributed by atoms with Crippen LogP contribution in [0.25, 0.3) is 0 Å². The number of alkyl carbamates (subject to hydrolysis) is 1. The van der Waals surface area contributed by atoms with E-state index in [9.17, 15) is 24.3 Å². The van der Waals surface area contributed by atoms with Crippen molar-refractivity contribution in [2.24, 2.45) is 5.73 Å².